The van der Waals surface area contributed by atoms with Crippen LogP contribution in [0.15, 0.2) is 47.2 Å². The molecule has 21 heavy (non-hydrogen) atoms. The standard InChI is InChI=1S/C17H22ClN3/c1-11-5-4-6-16(18)21-17(9-11)20-13(3)15-10-14(19)8-7-12(15)2/h4,6-11,13,20H,5,19H2,1-3H3/b6-4+,17-9-,21-16+/t11?,13-/m0/s1. The minimum atomic E-state index is 0.114. The molecule has 0 aromatic heterocycles. The number of nitrogen functional groups attached to an aromatic ring is 1. The number of nitrogens with zero attached hydrogens (tertiary/aromatic N) is 1. The number of allylic oxidation sites excluding steroid dienone is 3. The molecule has 0 amide bonds. The third kappa shape index (κ3) is 4.36. The molecule has 0 saturated carbocycles. The Morgan fingerprint density at radius 1 is 1.43 bits per heavy atom. The summed E-state index contributed by atoms with van der Waals surface area (Å²) in [5, 5.41) is 3.93. The molecular formula is C17H22ClN3. The van der Waals surface area contributed by atoms with Gasteiger partial charge in [0.25, 0.3) is 0 Å². The highest BCUT2D eigenvalue weighted by Crippen LogP contribution is 2.22. The van der Waals surface area contributed by atoms with Crippen molar-refractivity contribution in [2.45, 2.75) is 33.2 Å². The Balaban J connectivity index is 2.23. The summed E-state index contributed by atoms with van der Waals surface area (Å²) in [6.45, 7) is 6.35. The molecule has 0 aliphatic carbocycles. The first kappa shape index (κ1) is 15.6. The van der Waals surface area contributed by atoms with E-state index in [1.54, 1.807) is 0 Å². The molecule has 2 atom stereocenters. The lowest BCUT2D eigenvalue weighted by molar-refractivity contribution is 0.627. The lowest BCUT2D eigenvalue weighted by Crippen LogP contribution is -2.19. The Morgan fingerprint density at radius 2 is 2.19 bits per heavy atom. The van der Waals surface area contributed by atoms with E-state index in [2.05, 4.69) is 43.2 Å². The lowest BCUT2D eigenvalue weighted by atomic mass is 10.0. The van der Waals surface area contributed by atoms with Crippen LogP contribution in [0.3, 0.4) is 0 Å². The van der Waals surface area contributed by atoms with Gasteiger partial charge < -0.3 is 11.1 Å². The summed E-state index contributed by atoms with van der Waals surface area (Å²) < 4.78 is 0. The summed E-state index contributed by atoms with van der Waals surface area (Å²) in [7, 11) is 0. The van der Waals surface area contributed by atoms with Crippen LogP contribution in [0.4, 0.5) is 5.69 Å². The van der Waals surface area contributed by atoms with Gasteiger partial charge in [0, 0.05) is 5.69 Å². The molecule has 0 fully saturated rings. The lowest BCUT2D eigenvalue weighted by Gasteiger charge is -2.20. The number of hydrogen-bond donors (Lipinski definition) is 2. The van der Waals surface area contributed by atoms with Crippen molar-refractivity contribution in [3.63, 3.8) is 0 Å². The molecule has 0 radical (unpaired) electrons. The second kappa shape index (κ2) is 6.81. The number of nitrogens with one attached hydrogen (secondary N) is 1. The number of benzene rings is 1. The average Bonchev–Trinajstić information content (AvgIpc) is 2.39. The van der Waals surface area contributed by atoms with Crippen molar-refractivity contribution in [1.82, 2.24) is 5.32 Å². The Labute approximate surface area is 131 Å². The molecule has 1 aliphatic heterocycles. The zero-order chi connectivity index (χ0) is 15.4. The van der Waals surface area contributed by atoms with E-state index in [4.69, 9.17) is 17.3 Å². The molecule has 1 aliphatic rings. The largest absolute Gasteiger partial charge is 0.399 e. The smallest absolute Gasteiger partial charge is 0.131 e. The van der Waals surface area contributed by atoms with Crippen molar-refractivity contribution in [2.75, 3.05) is 5.73 Å². The molecule has 0 spiro atoms. The maximum atomic E-state index is 6.08. The number of hydrogen-bond acceptors (Lipinski definition) is 3. The van der Waals surface area contributed by atoms with E-state index >= 15 is 0 Å². The van der Waals surface area contributed by atoms with E-state index in [1.165, 1.54) is 11.1 Å². The van der Waals surface area contributed by atoms with E-state index in [9.17, 15) is 0 Å². The van der Waals surface area contributed by atoms with Crippen LogP contribution in [-0.2, 0) is 0 Å². The molecule has 1 aromatic carbocycles. The van der Waals surface area contributed by atoms with E-state index < -0.39 is 0 Å². The molecule has 0 bridgehead atoms. The molecular weight excluding hydrogens is 282 g/mol. The van der Waals surface area contributed by atoms with Crippen LogP contribution >= 0.6 is 11.6 Å². The van der Waals surface area contributed by atoms with Crippen LogP contribution in [0.25, 0.3) is 0 Å². The van der Waals surface area contributed by atoms with Gasteiger partial charge in [0.1, 0.15) is 11.0 Å². The quantitative estimate of drug-likeness (QED) is 0.818. The fourth-order valence-electron chi connectivity index (χ4n) is 2.41. The van der Waals surface area contributed by atoms with Gasteiger partial charge in [-0.05, 0) is 61.6 Å². The highest BCUT2D eigenvalue weighted by atomic mass is 35.5. The summed E-state index contributed by atoms with van der Waals surface area (Å²) in [5.74, 6) is 1.23. The maximum Gasteiger partial charge on any atom is 0.131 e. The highest BCUT2D eigenvalue weighted by Gasteiger charge is 2.12. The molecule has 1 aromatic rings. The van der Waals surface area contributed by atoms with Crippen LogP contribution in [0.5, 0.6) is 0 Å². The summed E-state index contributed by atoms with van der Waals surface area (Å²) in [5.41, 5.74) is 9.04. The molecule has 112 valence electrons. The van der Waals surface area contributed by atoms with Gasteiger partial charge in [-0.1, -0.05) is 30.7 Å². The molecule has 1 heterocycles. The molecule has 2 rings (SSSR count). The Kier molecular flexibility index (Phi) is 5.07. The normalized spacial score (nSPS) is 26.6. The topological polar surface area (TPSA) is 50.4 Å². The van der Waals surface area contributed by atoms with Crippen LogP contribution in [0.1, 0.15) is 37.4 Å². The van der Waals surface area contributed by atoms with E-state index in [1.807, 2.05) is 24.3 Å². The minimum absolute atomic E-state index is 0.114. The summed E-state index contributed by atoms with van der Waals surface area (Å²) >= 11 is 6.08. The number of anilines is 1. The van der Waals surface area contributed by atoms with Crippen LogP contribution < -0.4 is 11.1 Å². The van der Waals surface area contributed by atoms with Crippen molar-refractivity contribution < 1.29 is 0 Å². The summed E-state index contributed by atoms with van der Waals surface area (Å²) in [4.78, 5) is 4.42. The molecule has 0 saturated heterocycles. The second-order valence-corrected chi connectivity index (χ2v) is 5.97. The van der Waals surface area contributed by atoms with E-state index in [0.717, 1.165) is 17.9 Å². The van der Waals surface area contributed by atoms with Gasteiger partial charge in [-0.25, -0.2) is 4.99 Å². The fraction of sp³-hybridized carbons (Fsp3) is 0.353. The monoisotopic (exact) mass is 303 g/mol. The second-order valence-electron chi connectivity index (χ2n) is 5.58. The molecule has 1 unspecified atom stereocenters. The van der Waals surface area contributed by atoms with Gasteiger partial charge in [-0.3, -0.25) is 0 Å². The average molecular weight is 304 g/mol. The Hall–Kier alpha value is -1.74. The maximum absolute atomic E-state index is 6.08. The predicted molar refractivity (Wildman–Crippen MR) is 91.4 cm³/mol. The van der Waals surface area contributed by atoms with Crippen LogP contribution in [-0.4, -0.2) is 5.17 Å². The fourth-order valence-corrected chi connectivity index (χ4v) is 2.59. The van der Waals surface area contributed by atoms with Crippen LogP contribution in [0.2, 0.25) is 0 Å². The third-order valence-electron chi connectivity index (χ3n) is 3.57. The van der Waals surface area contributed by atoms with Crippen molar-refractivity contribution in [2.24, 2.45) is 10.9 Å². The summed E-state index contributed by atoms with van der Waals surface area (Å²) in [6.07, 6.45) is 6.98. The van der Waals surface area contributed by atoms with E-state index in [0.29, 0.717) is 11.1 Å². The zero-order valence-corrected chi connectivity index (χ0v) is 13.5. The minimum Gasteiger partial charge on any atom is -0.399 e. The van der Waals surface area contributed by atoms with Gasteiger partial charge >= 0.3 is 0 Å². The molecule has 3 N–H and O–H groups in total. The van der Waals surface area contributed by atoms with Gasteiger partial charge in [-0.2, -0.15) is 0 Å². The Bertz CT molecular complexity index is 602. The SMILES string of the molecule is Cc1ccc(N)cc1[C@H](C)NC1=C/C(C)C/C=C/C(Cl)=N\1. The molecule has 3 nitrogen and oxygen atoms in total. The first-order valence-electron chi connectivity index (χ1n) is 7.21. The molecule has 4 heteroatoms. The van der Waals surface area contributed by atoms with Gasteiger partial charge in [0.15, 0.2) is 0 Å². The van der Waals surface area contributed by atoms with Crippen molar-refractivity contribution in [3.8, 4) is 0 Å². The van der Waals surface area contributed by atoms with Crippen molar-refractivity contribution in [3.05, 3.63) is 53.4 Å². The zero-order valence-electron chi connectivity index (χ0n) is 12.7. The van der Waals surface area contributed by atoms with Gasteiger partial charge in [0.2, 0.25) is 0 Å². The first-order valence-corrected chi connectivity index (χ1v) is 7.58. The van der Waals surface area contributed by atoms with E-state index in [-0.39, 0.29) is 6.04 Å². The first-order chi connectivity index (χ1) is 9.95. The number of aliphatic imine (C=N–C) groups is 1. The Morgan fingerprint density at radius 3 is 2.95 bits per heavy atom. The van der Waals surface area contributed by atoms with Gasteiger partial charge in [0.05, 0.1) is 6.04 Å². The number of aryl methyl sites for hydroxylation is 1. The third-order valence-corrected chi connectivity index (χ3v) is 3.78. The van der Waals surface area contributed by atoms with Crippen molar-refractivity contribution in [1.29, 1.82) is 0 Å². The number of rotatable bonds is 3. The van der Waals surface area contributed by atoms with Crippen molar-refractivity contribution >= 4 is 22.5 Å². The summed E-state index contributed by atoms with van der Waals surface area (Å²) in [6, 6.07) is 6.08. The highest BCUT2D eigenvalue weighted by molar-refractivity contribution is 6.68. The van der Waals surface area contributed by atoms with Crippen LogP contribution in [0, 0.1) is 12.8 Å². The van der Waals surface area contributed by atoms with Gasteiger partial charge in [-0.15, -0.1) is 0 Å². The number of nitrogens with two attached hydrogens (primary N) is 1. The number of halogens is 1. The predicted octanol–water partition coefficient (Wildman–Crippen LogP) is 4.30.